The SMILES string of the molecule is Cl.NCC1CCCN1S(=O)(=O)c1cccc(C(N)=O)c1. The summed E-state index contributed by atoms with van der Waals surface area (Å²) in [6, 6.07) is 5.62. The van der Waals surface area contributed by atoms with Crippen LogP contribution in [0.3, 0.4) is 0 Å². The van der Waals surface area contributed by atoms with Crippen molar-refractivity contribution in [1.29, 1.82) is 0 Å². The molecule has 1 amide bonds. The van der Waals surface area contributed by atoms with E-state index in [1.54, 1.807) is 0 Å². The normalized spacial score (nSPS) is 19.6. The van der Waals surface area contributed by atoms with Gasteiger partial charge in [0.05, 0.1) is 4.90 Å². The molecule has 1 heterocycles. The van der Waals surface area contributed by atoms with E-state index in [9.17, 15) is 13.2 Å². The number of hydrogen-bond acceptors (Lipinski definition) is 4. The number of carbonyl (C=O) groups is 1. The van der Waals surface area contributed by atoms with Gasteiger partial charge in [-0.3, -0.25) is 4.79 Å². The Labute approximate surface area is 124 Å². The summed E-state index contributed by atoms with van der Waals surface area (Å²) in [6.07, 6.45) is 1.57. The van der Waals surface area contributed by atoms with Gasteiger partial charge in [-0.15, -0.1) is 12.4 Å². The predicted octanol–water partition coefficient (Wildman–Crippen LogP) is 0.319. The van der Waals surface area contributed by atoms with Gasteiger partial charge in [0.15, 0.2) is 0 Å². The number of nitrogens with two attached hydrogens (primary N) is 2. The van der Waals surface area contributed by atoms with Crippen LogP contribution < -0.4 is 11.5 Å². The number of carbonyl (C=O) groups excluding carboxylic acids is 1. The topological polar surface area (TPSA) is 106 Å². The fourth-order valence-electron chi connectivity index (χ4n) is 2.31. The summed E-state index contributed by atoms with van der Waals surface area (Å²) in [4.78, 5) is 11.2. The highest BCUT2D eigenvalue weighted by Crippen LogP contribution is 2.25. The molecule has 8 heteroatoms. The quantitative estimate of drug-likeness (QED) is 0.833. The van der Waals surface area contributed by atoms with Crippen LogP contribution >= 0.6 is 12.4 Å². The molecule has 0 aliphatic carbocycles. The molecule has 1 aliphatic heterocycles. The average Bonchev–Trinajstić information content (AvgIpc) is 2.88. The van der Waals surface area contributed by atoms with Crippen LogP contribution in [-0.2, 0) is 10.0 Å². The minimum Gasteiger partial charge on any atom is -0.366 e. The maximum atomic E-state index is 12.5. The van der Waals surface area contributed by atoms with Crippen LogP contribution in [-0.4, -0.2) is 37.8 Å². The zero-order valence-corrected chi connectivity index (χ0v) is 12.5. The molecule has 1 aromatic rings. The van der Waals surface area contributed by atoms with E-state index in [1.165, 1.54) is 28.6 Å². The van der Waals surface area contributed by atoms with Crippen LogP contribution in [0, 0.1) is 0 Å². The Morgan fingerprint density at radius 2 is 2.10 bits per heavy atom. The molecule has 20 heavy (non-hydrogen) atoms. The van der Waals surface area contributed by atoms with Crippen LogP contribution in [0.4, 0.5) is 0 Å². The summed E-state index contributed by atoms with van der Waals surface area (Å²) in [7, 11) is -3.61. The Balaban J connectivity index is 0.00000200. The van der Waals surface area contributed by atoms with Crippen molar-refractivity contribution in [3.8, 4) is 0 Å². The smallest absolute Gasteiger partial charge is 0.248 e. The second-order valence-electron chi connectivity index (χ2n) is 4.54. The summed E-state index contributed by atoms with van der Waals surface area (Å²) >= 11 is 0. The molecule has 0 radical (unpaired) electrons. The molecule has 1 unspecified atom stereocenters. The number of nitrogens with zero attached hydrogens (tertiary/aromatic N) is 1. The molecule has 6 nitrogen and oxygen atoms in total. The van der Waals surface area contributed by atoms with Crippen LogP contribution in [0.5, 0.6) is 0 Å². The van der Waals surface area contributed by atoms with Crippen molar-refractivity contribution in [2.45, 2.75) is 23.8 Å². The van der Waals surface area contributed by atoms with Gasteiger partial charge in [0.1, 0.15) is 0 Å². The molecular formula is C12H18ClN3O3S. The molecule has 1 aromatic carbocycles. The van der Waals surface area contributed by atoms with Gasteiger partial charge in [-0.1, -0.05) is 6.07 Å². The summed E-state index contributed by atoms with van der Waals surface area (Å²) in [5.74, 6) is -0.645. The van der Waals surface area contributed by atoms with Crippen molar-refractivity contribution in [3.05, 3.63) is 29.8 Å². The number of hydrogen-bond donors (Lipinski definition) is 2. The van der Waals surface area contributed by atoms with E-state index < -0.39 is 15.9 Å². The Bertz CT molecular complexity index is 591. The molecule has 112 valence electrons. The van der Waals surface area contributed by atoms with Crippen LogP contribution in [0.25, 0.3) is 0 Å². The van der Waals surface area contributed by atoms with Crippen molar-refractivity contribution in [3.63, 3.8) is 0 Å². The molecule has 0 spiro atoms. The summed E-state index contributed by atoms with van der Waals surface area (Å²) in [5.41, 5.74) is 10.9. The lowest BCUT2D eigenvalue weighted by molar-refractivity contribution is 0.1000. The Morgan fingerprint density at radius 1 is 1.40 bits per heavy atom. The second kappa shape index (κ2) is 6.53. The lowest BCUT2D eigenvalue weighted by Crippen LogP contribution is -2.39. The van der Waals surface area contributed by atoms with Crippen molar-refractivity contribution in [2.75, 3.05) is 13.1 Å². The van der Waals surface area contributed by atoms with Gasteiger partial charge in [-0.05, 0) is 31.0 Å². The fourth-order valence-corrected chi connectivity index (χ4v) is 4.06. The summed E-state index contributed by atoms with van der Waals surface area (Å²) in [5, 5.41) is 0. The lowest BCUT2D eigenvalue weighted by atomic mass is 10.2. The third-order valence-corrected chi connectivity index (χ3v) is 5.27. The molecular weight excluding hydrogens is 302 g/mol. The van der Waals surface area contributed by atoms with Crippen molar-refractivity contribution in [2.24, 2.45) is 11.5 Å². The van der Waals surface area contributed by atoms with Gasteiger partial charge in [0.25, 0.3) is 0 Å². The van der Waals surface area contributed by atoms with Crippen LogP contribution in [0.2, 0.25) is 0 Å². The van der Waals surface area contributed by atoms with E-state index in [1.807, 2.05) is 0 Å². The molecule has 1 saturated heterocycles. The molecule has 1 fully saturated rings. The van der Waals surface area contributed by atoms with E-state index in [0.717, 1.165) is 12.8 Å². The van der Waals surface area contributed by atoms with E-state index in [2.05, 4.69) is 0 Å². The van der Waals surface area contributed by atoms with E-state index in [-0.39, 0.29) is 28.9 Å². The zero-order chi connectivity index (χ0) is 14.0. The third-order valence-electron chi connectivity index (χ3n) is 3.32. The molecule has 0 bridgehead atoms. The maximum Gasteiger partial charge on any atom is 0.248 e. The Morgan fingerprint density at radius 3 is 2.70 bits per heavy atom. The first kappa shape index (κ1) is 16.9. The molecule has 4 N–H and O–H groups in total. The minimum atomic E-state index is -3.61. The van der Waals surface area contributed by atoms with Crippen molar-refractivity contribution >= 4 is 28.3 Å². The molecule has 1 aliphatic rings. The van der Waals surface area contributed by atoms with Gasteiger partial charge in [-0.25, -0.2) is 8.42 Å². The number of rotatable bonds is 4. The maximum absolute atomic E-state index is 12.5. The average molecular weight is 320 g/mol. The van der Waals surface area contributed by atoms with E-state index in [0.29, 0.717) is 13.1 Å². The van der Waals surface area contributed by atoms with E-state index >= 15 is 0 Å². The minimum absolute atomic E-state index is 0. The van der Waals surface area contributed by atoms with Gasteiger partial charge >= 0.3 is 0 Å². The largest absolute Gasteiger partial charge is 0.366 e. The monoisotopic (exact) mass is 319 g/mol. The first-order chi connectivity index (χ1) is 8.96. The number of benzene rings is 1. The lowest BCUT2D eigenvalue weighted by Gasteiger charge is -2.22. The van der Waals surface area contributed by atoms with Crippen LogP contribution in [0.15, 0.2) is 29.2 Å². The number of sulfonamides is 1. The number of amides is 1. The molecule has 1 atom stereocenters. The first-order valence-corrected chi connectivity index (χ1v) is 7.52. The van der Waals surface area contributed by atoms with Gasteiger partial charge in [0.2, 0.25) is 15.9 Å². The Kier molecular flexibility index (Phi) is 5.52. The standard InChI is InChI=1S/C12H17N3O3S.ClH/c13-8-10-4-2-6-15(10)19(17,18)11-5-1-3-9(7-11)12(14)16;/h1,3,5,7,10H,2,4,6,8,13H2,(H2,14,16);1H. The highest BCUT2D eigenvalue weighted by Gasteiger charge is 2.34. The first-order valence-electron chi connectivity index (χ1n) is 6.08. The van der Waals surface area contributed by atoms with Gasteiger partial charge in [-0.2, -0.15) is 4.31 Å². The highest BCUT2D eigenvalue weighted by atomic mass is 35.5. The molecule has 2 rings (SSSR count). The third kappa shape index (κ3) is 3.12. The fraction of sp³-hybridized carbons (Fsp3) is 0.417. The summed E-state index contributed by atoms with van der Waals surface area (Å²) in [6.45, 7) is 0.764. The molecule has 0 aromatic heterocycles. The van der Waals surface area contributed by atoms with Gasteiger partial charge < -0.3 is 11.5 Å². The molecule has 0 saturated carbocycles. The highest BCUT2D eigenvalue weighted by molar-refractivity contribution is 7.89. The van der Waals surface area contributed by atoms with E-state index in [4.69, 9.17) is 11.5 Å². The second-order valence-corrected chi connectivity index (χ2v) is 6.43. The van der Waals surface area contributed by atoms with Crippen molar-refractivity contribution < 1.29 is 13.2 Å². The van der Waals surface area contributed by atoms with Crippen molar-refractivity contribution in [1.82, 2.24) is 4.31 Å². The number of halogens is 1. The Hall–Kier alpha value is -1.15. The summed E-state index contributed by atoms with van der Waals surface area (Å²) < 4.78 is 26.4. The zero-order valence-electron chi connectivity index (χ0n) is 10.9. The van der Waals surface area contributed by atoms with Crippen LogP contribution in [0.1, 0.15) is 23.2 Å². The van der Waals surface area contributed by atoms with Gasteiger partial charge in [0, 0.05) is 24.7 Å². The number of primary amides is 1. The predicted molar refractivity (Wildman–Crippen MR) is 78.2 cm³/mol.